The number of rotatable bonds is 4. The standard InChI is InChI=1S/C13H25N3O2/c1-15(2)8-11-6-12(17)9-16(11)13(18)5-10-3-4-14-7-10/h10-12,14,17H,3-9H2,1-2H3. The van der Waals surface area contributed by atoms with Crippen molar-refractivity contribution in [1.29, 1.82) is 0 Å². The smallest absolute Gasteiger partial charge is 0.223 e. The predicted molar refractivity (Wildman–Crippen MR) is 70.3 cm³/mol. The van der Waals surface area contributed by atoms with Gasteiger partial charge in [0, 0.05) is 25.6 Å². The first-order valence-electron chi connectivity index (χ1n) is 6.89. The van der Waals surface area contributed by atoms with Gasteiger partial charge in [-0.1, -0.05) is 0 Å². The van der Waals surface area contributed by atoms with Crippen LogP contribution < -0.4 is 5.32 Å². The fourth-order valence-electron chi connectivity index (χ4n) is 3.04. The second-order valence-electron chi connectivity index (χ2n) is 5.91. The molecule has 2 rings (SSSR count). The molecule has 2 fully saturated rings. The molecule has 104 valence electrons. The van der Waals surface area contributed by atoms with Crippen LogP contribution in [0, 0.1) is 5.92 Å². The molecule has 0 aromatic carbocycles. The minimum Gasteiger partial charge on any atom is -0.391 e. The van der Waals surface area contributed by atoms with Crippen LogP contribution >= 0.6 is 0 Å². The number of carbonyl (C=O) groups is 1. The van der Waals surface area contributed by atoms with E-state index in [1.165, 1.54) is 0 Å². The van der Waals surface area contributed by atoms with Crippen LogP contribution in [0.4, 0.5) is 0 Å². The lowest BCUT2D eigenvalue weighted by molar-refractivity contribution is -0.133. The van der Waals surface area contributed by atoms with Gasteiger partial charge >= 0.3 is 0 Å². The van der Waals surface area contributed by atoms with Crippen molar-refractivity contribution in [3.05, 3.63) is 0 Å². The lowest BCUT2D eigenvalue weighted by Gasteiger charge is -2.27. The number of β-amino-alcohol motifs (C(OH)–C–C–N with tert-alkyl or cyclic N) is 1. The van der Waals surface area contributed by atoms with Gasteiger partial charge in [-0.25, -0.2) is 0 Å². The molecule has 0 aromatic rings. The summed E-state index contributed by atoms with van der Waals surface area (Å²) in [5, 5.41) is 13.1. The highest BCUT2D eigenvalue weighted by atomic mass is 16.3. The van der Waals surface area contributed by atoms with Crippen molar-refractivity contribution in [2.45, 2.75) is 31.4 Å². The molecule has 1 amide bonds. The lowest BCUT2D eigenvalue weighted by Crippen LogP contribution is -2.42. The molecule has 0 bridgehead atoms. The summed E-state index contributed by atoms with van der Waals surface area (Å²) >= 11 is 0. The van der Waals surface area contributed by atoms with E-state index in [9.17, 15) is 9.90 Å². The highest BCUT2D eigenvalue weighted by Gasteiger charge is 2.35. The third-order valence-electron chi connectivity index (χ3n) is 3.91. The van der Waals surface area contributed by atoms with E-state index < -0.39 is 0 Å². The lowest BCUT2D eigenvalue weighted by atomic mass is 10.0. The molecule has 3 unspecified atom stereocenters. The van der Waals surface area contributed by atoms with E-state index >= 15 is 0 Å². The molecule has 3 atom stereocenters. The Kier molecular flexibility index (Phi) is 4.59. The molecule has 2 heterocycles. The monoisotopic (exact) mass is 255 g/mol. The third-order valence-corrected chi connectivity index (χ3v) is 3.91. The van der Waals surface area contributed by atoms with Gasteiger partial charge in [-0.15, -0.1) is 0 Å². The van der Waals surface area contributed by atoms with E-state index in [1.807, 2.05) is 19.0 Å². The minimum absolute atomic E-state index is 0.178. The Morgan fingerprint density at radius 2 is 2.28 bits per heavy atom. The zero-order valence-corrected chi connectivity index (χ0v) is 11.4. The quantitative estimate of drug-likeness (QED) is 0.712. The Morgan fingerprint density at radius 1 is 1.50 bits per heavy atom. The Hall–Kier alpha value is -0.650. The topological polar surface area (TPSA) is 55.8 Å². The largest absolute Gasteiger partial charge is 0.391 e. The van der Waals surface area contributed by atoms with E-state index in [2.05, 4.69) is 10.2 Å². The Labute approximate surface area is 109 Å². The Bertz CT molecular complexity index is 290. The Balaban J connectivity index is 1.89. The third kappa shape index (κ3) is 3.43. The fraction of sp³-hybridized carbons (Fsp3) is 0.923. The molecule has 0 spiro atoms. The zero-order valence-electron chi connectivity index (χ0n) is 11.4. The maximum Gasteiger partial charge on any atom is 0.223 e. The molecular formula is C13H25N3O2. The van der Waals surface area contributed by atoms with Crippen LogP contribution in [0.3, 0.4) is 0 Å². The van der Waals surface area contributed by atoms with Gasteiger partial charge in [0.1, 0.15) is 0 Å². The highest BCUT2D eigenvalue weighted by Crippen LogP contribution is 2.22. The van der Waals surface area contributed by atoms with Gasteiger partial charge in [-0.3, -0.25) is 4.79 Å². The van der Waals surface area contributed by atoms with Crippen LogP contribution in [0.5, 0.6) is 0 Å². The summed E-state index contributed by atoms with van der Waals surface area (Å²) in [5.41, 5.74) is 0. The number of hydrogen-bond donors (Lipinski definition) is 2. The SMILES string of the molecule is CN(C)CC1CC(O)CN1C(=O)CC1CCNC1. The fourth-order valence-corrected chi connectivity index (χ4v) is 3.04. The van der Waals surface area contributed by atoms with Gasteiger partial charge in [-0.2, -0.15) is 0 Å². The van der Waals surface area contributed by atoms with E-state index in [0.717, 1.165) is 26.1 Å². The number of aliphatic hydroxyl groups excluding tert-OH is 1. The summed E-state index contributed by atoms with van der Waals surface area (Å²) in [7, 11) is 4.02. The molecule has 5 nitrogen and oxygen atoms in total. The van der Waals surface area contributed by atoms with Gasteiger partial charge in [0.05, 0.1) is 6.10 Å². The van der Waals surface area contributed by atoms with Crippen molar-refractivity contribution < 1.29 is 9.90 Å². The summed E-state index contributed by atoms with van der Waals surface area (Å²) in [6.07, 6.45) is 2.09. The molecule has 2 aliphatic heterocycles. The maximum atomic E-state index is 12.3. The molecule has 0 radical (unpaired) electrons. The number of nitrogens with zero attached hydrogens (tertiary/aromatic N) is 2. The number of aliphatic hydroxyl groups is 1. The minimum atomic E-state index is -0.347. The van der Waals surface area contributed by atoms with Gasteiger partial charge in [0.2, 0.25) is 5.91 Å². The first-order chi connectivity index (χ1) is 8.56. The van der Waals surface area contributed by atoms with Crippen LogP contribution in [0.25, 0.3) is 0 Å². The van der Waals surface area contributed by atoms with E-state index in [0.29, 0.717) is 25.3 Å². The van der Waals surface area contributed by atoms with Crippen LogP contribution in [-0.4, -0.2) is 73.2 Å². The summed E-state index contributed by atoms with van der Waals surface area (Å²) < 4.78 is 0. The zero-order chi connectivity index (χ0) is 13.1. The Morgan fingerprint density at radius 3 is 2.89 bits per heavy atom. The van der Waals surface area contributed by atoms with Gasteiger partial charge in [0.15, 0.2) is 0 Å². The van der Waals surface area contributed by atoms with Crippen molar-refractivity contribution in [2.75, 3.05) is 40.3 Å². The predicted octanol–water partition coefficient (Wildman–Crippen LogP) is -0.491. The summed E-state index contributed by atoms with van der Waals surface area (Å²) in [6.45, 7) is 3.34. The number of nitrogens with one attached hydrogen (secondary N) is 1. The van der Waals surface area contributed by atoms with Crippen LogP contribution in [0.15, 0.2) is 0 Å². The summed E-state index contributed by atoms with van der Waals surface area (Å²) in [6, 6.07) is 0.178. The van der Waals surface area contributed by atoms with Gasteiger partial charge in [-0.05, 0) is 45.9 Å². The van der Waals surface area contributed by atoms with Crippen molar-refractivity contribution in [1.82, 2.24) is 15.1 Å². The average Bonchev–Trinajstić information content (AvgIpc) is 2.87. The second-order valence-corrected chi connectivity index (χ2v) is 5.91. The first kappa shape index (κ1) is 13.8. The molecular weight excluding hydrogens is 230 g/mol. The average molecular weight is 255 g/mol. The number of carbonyl (C=O) groups excluding carboxylic acids is 1. The van der Waals surface area contributed by atoms with E-state index in [-0.39, 0.29) is 18.1 Å². The first-order valence-corrected chi connectivity index (χ1v) is 6.89. The molecule has 0 aromatic heterocycles. The van der Waals surface area contributed by atoms with Crippen LogP contribution in [0.2, 0.25) is 0 Å². The molecule has 0 aliphatic carbocycles. The molecule has 5 heteroatoms. The number of likely N-dealkylation sites (tertiary alicyclic amines) is 1. The van der Waals surface area contributed by atoms with E-state index in [1.54, 1.807) is 0 Å². The normalized spacial score (nSPS) is 32.4. The molecule has 2 aliphatic rings. The number of amides is 1. The highest BCUT2D eigenvalue weighted by molar-refractivity contribution is 5.77. The summed E-state index contributed by atoms with van der Waals surface area (Å²) in [4.78, 5) is 16.3. The van der Waals surface area contributed by atoms with Crippen molar-refractivity contribution >= 4 is 5.91 Å². The van der Waals surface area contributed by atoms with Crippen molar-refractivity contribution in [2.24, 2.45) is 5.92 Å². The van der Waals surface area contributed by atoms with E-state index in [4.69, 9.17) is 0 Å². The number of hydrogen-bond acceptors (Lipinski definition) is 4. The van der Waals surface area contributed by atoms with Crippen molar-refractivity contribution in [3.8, 4) is 0 Å². The molecule has 18 heavy (non-hydrogen) atoms. The second kappa shape index (κ2) is 5.99. The maximum absolute atomic E-state index is 12.3. The molecule has 0 saturated carbocycles. The van der Waals surface area contributed by atoms with Crippen LogP contribution in [-0.2, 0) is 4.79 Å². The van der Waals surface area contributed by atoms with Gasteiger partial charge < -0.3 is 20.2 Å². The van der Waals surface area contributed by atoms with Gasteiger partial charge in [0.25, 0.3) is 0 Å². The number of likely N-dealkylation sites (N-methyl/N-ethyl adjacent to an activating group) is 1. The molecule has 2 saturated heterocycles. The van der Waals surface area contributed by atoms with Crippen molar-refractivity contribution in [3.63, 3.8) is 0 Å². The summed E-state index contributed by atoms with van der Waals surface area (Å²) in [5.74, 6) is 0.697. The molecule has 2 N–H and O–H groups in total. The van der Waals surface area contributed by atoms with Crippen LogP contribution in [0.1, 0.15) is 19.3 Å².